The predicted molar refractivity (Wildman–Crippen MR) is 78.6 cm³/mol. The molecule has 0 bridgehead atoms. The summed E-state index contributed by atoms with van der Waals surface area (Å²) in [6.07, 6.45) is 0.726. The number of carboxylic acids is 1. The fourth-order valence-electron chi connectivity index (χ4n) is 1.82. The van der Waals surface area contributed by atoms with Gasteiger partial charge in [-0.25, -0.2) is 0 Å². The van der Waals surface area contributed by atoms with Gasteiger partial charge in [0.15, 0.2) is 6.61 Å². The van der Waals surface area contributed by atoms with E-state index < -0.39 is 17.3 Å². The van der Waals surface area contributed by atoms with Crippen LogP contribution in [-0.4, -0.2) is 48.5 Å². The quantitative estimate of drug-likeness (QED) is 0.763. The summed E-state index contributed by atoms with van der Waals surface area (Å²) < 4.78 is 5.31. The highest BCUT2D eigenvalue weighted by Gasteiger charge is 2.57. The van der Waals surface area contributed by atoms with Crippen LogP contribution in [0.5, 0.6) is 5.75 Å². The van der Waals surface area contributed by atoms with E-state index in [1.807, 2.05) is 0 Å². The molecule has 0 aromatic heterocycles. The molecule has 0 radical (unpaired) electrons. The van der Waals surface area contributed by atoms with Gasteiger partial charge in [0.05, 0.1) is 0 Å². The van der Waals surface area contributed by atoms with Crippen molar-refractivity contribution < 1.29 is 24.2 Å². The van der Waals surface area contributed by atoms with E-state index in [0.717, 1.165) is 0 Å². The molecule has 2 rings (SSSR count). The number of nitrogens with zero attached hydrogens (tertiary/aromatic N) is 1. The lowest BCUT2D eigenvalue weighted by Gasteiger charge is -2.13. The second-order valence-electron chi connectivity index (χ2n) is 5.44. The van der Waals surface area contributed by atoms with Gasteiger partial charge in [-0.15, -0.1) is 0 Å². The van der Waals surface area contributed by atoms with Gasteiger partial charge in [-0.05, 0) is 37.1 Å². The van der Waals surface area contributed by atoms with E-state index in [2.05, 4.69) is 5.32 Å². The molecule has 7 nitrogen and oxygen atoms in total. The molecular weight excluding hydrogens is 288 g/mol. The van der Waals surface area contributed by atoms with E-state index in [4.69, 9.17) is 9.84 Å². The Hall–Kier alpha value is -2.57. The molecule has 1 aromatic carbocycles. The van der Waals surface area contributed by atoms with Gasteiger partial charge in [-0.2, -0.15) is 0 Å². The Morgan fingerprint density at radius 1 is 1.23 bits per heavy atom. The molecule has 1 aromatic rings. The zero-order chi connectivity index (χ0) is 16.3. The molecule has 0 heterocycles. The third-order valence-corrected chi connectivity index (χ3v) is 3.57. The van der Waals surface area contributed by atoms with Crippen LogP contribution in [0.2, 0.25) is 0 Å². The van der Waals surface area contributed by atoms with Crippen molar-refractivity contribution >= 4 is 23.5 Å². The first-order valence-corrected chi connectivity index (χ1v) is 6.83. The van der Waals surface area contributed by atoms with Crippen LogP contribution < -0.4 is 10.1 Å². The van der Waals surface area contributed by atoms with Crippen LogP contribution in [0.25, 0.3) is 0 Å². The van der Waals surface area contributed by atoms with E-state index in [0.29, 0.717) is 24.3 Å². The monoisotopic (exact) mass is 306 g/mol. The summed E-state index contributed by atoms with van der Waals surface area (Å²) in [5, 5.41) is 11.6. The molecule has 1 saturated carbocycles. The summed E-state index contributed by atoms with van der Waals surface area (Å²) in [4.78, 5) is 35.8. The highest BCUT2D eigenvalue weighted by atomic mass is 16.5. The number of anilines is 1. The number of rotatable bonds is 6. The Balaban J connectivity index is 1.91. The molecule has 22 heavy (non-hydrogen) atoms. The van der Waals surface area contributed by atoms with E-state index in [9.17, 15) is 14.4 Å². The minimum absolute atomic E-state index is 0.0686. The molecule has 1 fully saturated rings. The van der Waals surface area contributed by atoms with Crippen molar-refractivity contribution in [3.8, 4) is 5.75 Å². The molecular formula is C15H18N2O5. The summed E-state index contributed by atoms with van der Waals surface area (Å²) >= 11 is 0. The van der Waals surface area contributed by atoms with Gasteiger partial charge in [0.1, 0.15) is 11.2 Å². The summed E-state index contributed by atoms with van der Waals surface area (Å²) in [6.45, 7) is -0.0686. The number of nitrogens with one attached hydrogen (secondary N) is 1. The maximum Gasteiger partial charge on any atom is 0.319 e. The standard InChI is InChI=1S/C15H18N2O5/c1-17(2)12(18)9-22-11-5-3-10(4-6-11)16-13(19)15(7-8-15)14(20)21/h3-6H,7-9H2,1-2H3,(H,16,19)(H,20,21). The zero-order valence-corrected chi connectivity index (χ0v) is 12.5. The molecule has 2 amide bonds. The van der Waals surface area contributed by atoms with E-state index in [1.165, 1.54) is 4.90 Å². The average Bonchev–Trinajstić information content (AvgIpc) is 3.27. The van der Waals surface area contributed by atoms with Crippen LogP contribution in [0.3, 0.4) is 0 Å². The Kier molecular flexibility index (Phi) is 4.35. The van der Waals surface area contributed by atoms with Crippen molar-refractivity contribution in [3.05, 3.63) is 24.3 Å². The van der Waals surface area contributed by atoms with Crippen LogP contribution in [0.15, 0.2) is 24.3 Å². The van der Waals surface area contributed by atoms with Crippen LogP contribution >= 0.6 is 0 Å². The summed E-state index contributed by atoms with van der Waals surface area (Å²) in [5.41, 5.74) is -0.781. The van der Waals surface area contributed by atoms with Crippen molar-refractivity contribution in [2.75, 3.05) is 26.0 Å². The molecule has 0 unspecified atom stereocenters. The lowest BCUT2D eigenvalue weighted by molar-refractivity contribution is -0.147. The first-order valence-electron chi connectivity index (χ1n) is 6.83. The number of carbonyl (C=O) groups is 3. The van der Waals surface area contributed by atoms with Crippen molar-refractivity contribution in [3.63, 3.8) is 0 Å². The zero-order valence-electron chi connectivity index (χ0n) is 12.5. The maximum absolute atomic E-state index is 11.9. The topological polar surface area (TPSA) is 95.9 Å². The highest BCUT2D eigenvalue weighted by molar-refractivity contribution is 6.10. The fraction of sp³-hybridized carbons (Fsp3) is 0.400. The number of likely N-dealkylation sites (N-methyl/N-ethyl adjacent to an activating group) is 1. The molecule has 118 valence electrons. The lowest BCUT2D eigenvalue weighted by Crippen LogP contribution is -2.31. The number of carboxylic acid groups (broad SMARTS) is 1. The van der Waals surface area contributed by atoms with Crippen molar-refractivity contribution in [1.29, 1.82) is 0 Å². The number of aliphatic carboxylic acids is 1. The van der Waals surface area contributed by atoms with Gasteiger partial charge >= 0.3 is 5.97 Å². The smallest absolute Gasteiger partial charge is 0.319 e. The van der Waals surface area contributed by atoms with E-state index >= 15 is 0 Å². The second kappa shape index (κ2) is 6.05. The minimum atomic E-state index is -1.27. The van der Waals surface area contributed by atoms with Crippen LogP contribution in [0.1, 0.15) is 12.8 Å². The van der Waals surface area contributed by atoms with Gasteiger partial charge in [0, 0.05) is 19.8 Å². The van der Waals surface area contributed by atoms with Crippen LogP contribution in [0, 0.1) is 5.41 Å². The number of carbonyl (C=O) groups excluding carboxylic acids is 2. The summed E-state index contributed by atoms with van der Waals surface area (Å²) in [7, 11) is 3.28. The number of hydrogen-bond donors (Lipinski definition) is 2. The summed E-state index contributed by atoms with van der Waals surface area (Å²) in [6, 6.07) is 6.42. The molecule has 1 aliphatic rings. The molecule has 0 saturated heterocycles. The molecule has 0 spiro atoms. The molecule has 7 heteroatoms. The average molecular weight is 306 g/mol. The first-order chi connectivity index (χ1) is 10.3. The van der Waals surface area contributed by atoms with Crippen molar-refractivity contribution in [2.45, 2.75) is 12.8 Å². The second-order valence-corrected chi connectivity index (χ2v) is 5.44. The van der Waals surface area contributed by atoms with Crippen LogP contribution in [-0.2, 0) is 14.4 Å². The van der Waals surface area contributed by atoms with Gasteiger partial charge < -0.3 is 20.1 Å². The van der Waals surface area contributed by atoms with Crippen molar-refractivity contribution in [1.82, 2.24) is 4.90 Å². The highest BCUT2D eigenvalue weighted by Crippen LogP contribution is 2.46. The number of benzene rings is 1. The van der Waals surface area contributed by atoms with Gasteiger partial charge in [-0.1, -0.05) is 0 Å². The van der Waals surface area contributed by atoms with Gasteiger partial charge in [-0.3, -0.25) is 14.4 Å². The SMILES string of the molecule is CN(C)C(=O)COc1ccc(NC(=O)C2(C(=O)O)CC2)cc1. The number of ether oxygens (including phenoxy) is 1. The Bertz CT molecular complexity index is 590. The largest absolute Gasteiger partial charge is 0.484 e. The number of amides is 2. The Labute approximate surface area is 127 Å². The Morgan fingerprint density at radius 2 is 1.82 bits per heavy atom. The molecule has 0 atom stereocenters. The first kappa shape index (κ1) is 15.8. The number of hydrogen-bond acceptors (Lipinski definition) is 4. The normalized spacial score (nSPS) is 14.8. The third-order valence-electron chi connectivity index (χ3n) is 3.57. The van der Waals surface area contributed by atoms with E-state index in [-0.39, 0.29) is 12.5 Å². The van der Waals surface area contributed by atoms with Crippen LogP contribution in [0.4, 0.5) is 5.69 Å². The lowest BCUT2D eigenvalue weighted by atomic mass is 10.1. The van der Waals surface area contributed by atoms with E-state index in [1.54, 1.807) is 38.4 Å². The van der Waals surface area contributed by atoms with Gasteiger partial charge in [0.25, 0.3) is 5.91 Å². The maximum atomic E-state index is 11.9. The van der Waals surface area contributed by atoms with Crippen molar-refractivity contribution in [2.24, 2.45) is 5.41 Å². The Morgan fingerprint density at radius 3 is 2.27 bits per heavy atom. The summed E-state index contributed by atoms with van der Waals surface area (Å²) in [5.74, 6) is -1.26. The molecule has 2 N–H and O–H groups in total. The molecule has 0 aliphatic heterocycles. The fourth-order valence-corrected chi connectivity index (χ4v) is 1.82. The minimum Gasteiger partial charge on any atom is -0.484 e. The third kappa shape index (κ3) is 3.36. The molecule has 1 aliphatic carbocycles. The van der Waals surface area contributed by atoms with Gasteiger partial charge in [0.2, 0.25) is 5.91 Å². The predicted octanol–water partition coefficient (Wildman–Crippen LogP) is 0.957.